The van der Waals surface area contributed by atoms with Crippen molar-refractivity contribution in [1.29, 1.82) is 0 Å². The molecule has 1 rings (SSSR count). The Morgan fingerprint density at radius 3 is 1.70 bits per heavy atom. The second-order valence-corrected chi connectivity index (χ2v) is 4.83. The molecule has 0 aliphatic carbocycles. The molecule has 1 aliphatic rings. The van der Waals surface area contributed by atoms with Crippen molar-refractivity contribution in [2.45, 2.75) is 12.8 Å². The van der Waals surface area contributed by atoms with Crippen molar-refractivity contribution < 1.29 is 13.0 Å². The monoisotopic (exact) mass is 184 g/mol. The predicted octanol–water partition coefficient (Wildman–Crippen LogP) is -0.243. The van der Waals surface area contributed by atoms with Crippen molar-refractivity contribution in [3.8, 4) is 0 Å². The molecule has 0 N–H and O–H groups in total. The molecule has 5 heteroatoms. The van der Waals surface area contributed by atoms with Crippen LogP contribution in [0.4, 0.5) is 0 Å². The van der Waals surface area contributed by atoms with E-state index in [1.807, 2.05) is 0 Å². The van der Waals surface area contributed by atoms with E-state index < -0.39 is 10.1 Å². The highest BCUT2D eigenvalue weighted by Crippen LogP contribution is 1.99. The van der Waals surface area contributed by atoms with Gasteiger partial charge in [0.1, 0.15) is 11.5 Å². The standard InChI is InChI=1S/C4H8S.CH4O3S/c1-2-4-5-3-1;1-5(2,3)4/h1-4H2;1H3,(H,2,3,4). The zero-order valence-corrected chi connectivity index (χ0v) is 7.62. The van der Waals surface area contributed by atoms with E-state index >= 15 is 0 Å². The first-order chi connectivity index (χ1) is 4.50. The summed E-state index contributed by atoms with van der Waals surface area (Å²) in [5, 5.41) is 0. The maximum Gasteiger partial charge on any atom is 0.106 e. The molecule has 0 aromatic heterocycles. The van der Waals surface area contributed by atoms with Crippen LogP contribution < -0.4 is 0 Å². The zero-order chi connectivity index (χ0) is 8.04. The topological polar surface area (TPSA) is 57.2 Å². The van der Waals surface area contributed by atoms with Crippen LogP contribution in [0.3, 0.4) is 0 Å². The molecule has 0 radical (unpaired) electrons. The van der Waals surface area contributed by atoms with Gasteiger partial charge in [0.2, 0.25) is 0 Å². The lowest BCUT2D eigenvalue weighted by atomic mass is 10.4. The van der Waals surface area contributed by atoms with E-state index in [-0.39, 0.29) is 0 Å². The maximum absolute atomic E-state index is 9.08. The Kier molecular flexibility index (Phi) is 5.11. The molecule has 0 unspecified atom stereocenters. The molecular formula is C5H12O3S2. The van der Waals surface area contributed by atoms with Crippen LogP contribution >= 0.6 is 0 Å². The summed E-state index contributed by atoms with van der Waals surface area (Å²) >= 11 is 1.69. The van der Waals surface area contributed by atoms with Crippen LogP contribution in [0.25, 0.3) is 0 Å². The highest BCUT2D eigenvalue weighted by Gasteiger charge is 2.04. The lowest BCUT2D eigenvalue weighted by Gasteiger charge is -1.90. The van der Waals surface area contributed by atoms with Gasteiger partial charge in [-0.15, -0.1) is 0 Å². The van der Waals surface area contributed by atoms with E-state index in [4.69, 9.17) is 13.0 Å². The van der Waals surface area contributed by atoms with Gasteiger partial charge in [-0.05, 0) is 24.6 Å². The third kappa shape index (κ3) is 15.7. The van der Waals surface area contributed by atoms with E-state index in [1.165, 1.54) is 24.3 Å². The Labute approximate surface area is 66.0 Å². The summed E-state index contributed by atoms with van der Waals surface area (Å²) in [6.45, 7) is 0. The van der Waals surface area contributed by atoms with Gasteiger partial charge in [-0.1, -0.05) is 0 Å². The average Bonchev–Trinajstić information content (AvgIpc) is 2.07. The van der Waals surface area contributed by atoms with Crippen LogP contribution in [0.5, 0.6) is 0 Å². The maximum atomic E-state index is 9.08. The Balaban J connectivity index is 0.000000162. The smallest absolute Gasteiger partial charge is 0.106 e. The predicted molar refractivity (Wildman–Crippen MR) is 43.3 cm³/mol. The number of hydrogen-bond donors (Lipinski definition) is 0. The van der Waals surface area contributed by atoms with Gasteiger partial charge in [0.15, 0.2) is 0 Å². The number of hydrogen-bond acceptors (Lipinski definition) is 3. The minimum atomic E-state index is -3.92. The van der Waals surface area contributed by atoms with Crippen LogP contribution in [-0.4, -0.2) is 30.7 Å². The summed E-state index contributed by atoms with van der Waals surface area (Å²) < 4.78 is 27.2. The second-order valence-electron chi connectivity index (χ2n) is 2.08. The molecule has 1 heterocycles. The van der Waals surface area contributed by atoms with Gasteiger partial charge in [-0.2, -0.15) is 0 Å². The summed E-state index contributed by atoms with van der Waals surface area (Å²) in [5.41, 5.74) is 0. The lowest BCUT2D eigenvalue weighted by molar-refractivity contribution is 0.470. The van der Waals surface area contributed by atoms with Gasteiger partial charge >= 0.3 is 0 Å². The normalized spacial score (nSPS) is 17.8. The second kappa shape index (κ2) is 4.98. The molecule has 0 aromatic carbocycles. The fourth-order valence-corrected chi connectivity index (χ4v) is 1.68. The third-order valence-electron chi connectivity index (χ3n) is 0.882. The van der Waals surface area contributed by atoms with Crippen molar-refractivity contribution in [1.82, 2.24) is 0 Å². The first-order valence-electron chi connectivity index (χ1n) is 3.04. The molecule has 10 heavy (non-hydrogen) atoms. The van der Waals surface area contributed by atoms with Crippen LogP contribution in [0.15, 0.2) is 0 Å². The first-order valence-corrected chi connectivity index (χ1v) is 6.12. The molecule has 1 aliphatic heterocycles. The minimum Gasteiger partial charge on any atom is -0.748 e. The van der Waals surface area contributed by atoms with Crippen LogP contribution in [0.2, 0.25) is 0 Å². The van der Waals surface area contributed by atoms with Gasteiger partial charge in [0.25, 0.3) is 0 Å². The molecule has 0 atom stereocenters. The summed E-state index contributed by atoms with van der Waals surface area (Å²) in [4.78, 5) is 0. The molecule has 0 aromatic rings. The van der Waals surface area contributed by atoms with E-state index in [2.05, 4.69) is 0 Å². The molecule has 1 fully saturated rings. The van der Waals surface area contributed by atoms with Gasteiger partial charge in [0.05, 0.1) is 10.1 Å². The minimum absolute atomic E-state index is 0.604. The SMILES string of the molecule is C1CC[SH+]C1.CS(=O)(=O)[O-]. The Hall–Kier alpha value is 0.260. The molecule has 0 saturated carbocycles. The molecule has 0 spiro atoms. The van der Waals surface area contributed by atoms with Crippen molar-refractivity contribution in [2.75, 3.05) is 17.8 Å². The fraction of sp³-hybridized carbons (Fsp3) is 1.00. The summed E-state index contributed by atoms with van der Waals surface area (Å²) in [5.74, 6) is 2.94. The van der Waals surface area contributed by atoms with Crippen LogP contribution in [0, 0.1) is 0 Å². The molecule has 3 nitrogen and oxygen atoms in total. The zero-order valence-electron chi connectivity index (χ0n) is 5.91. The van der Waals surface area contributed by atoms with E-state index in [0.29, 0.717) is 6.26 Å². The highest BCUT2D eigenvalue weighted by molar-refractivity contribution is 7.84. The molecule has 0 amide bonds. The Morgan fingerprint density at radius 1 is 1.30 bits per heavy atom. The molecule has 1 saturated heterocycles. The van der Waals surface area contributed by atoms with E-state index in [9.17, 15) is 0 Å². The van der Waals surface area contributed by atoms with E-state index in [1.54, 1.807) is 11.8 Å². The quantitative estimate of drug-likeness (QED) is 0.296. The van der Waals surface area contributed by atoms with Gasteiger partial charge in [-0.3, -0.25) is 0 Å². The van der Waals surface area contributed by atoms with Crippen LogP contribution in [-0.2, 0) is 21.9 Å². The van der Waals surface area contributed by atoms with Crippen molar-refractivity contribution in [3.63, 3.8) is 0 Å². The molecule has 62 valence electrons. The molecule has 0 bridgehead atoms. The fourth-order valence-electron chi connectivity index (χ4n) is 0.559. The average molecular weight is 184 g/mol. The summed E-state index contributed by atoms with van der Waals surface area (Å²) in [7, 11) is -3.92. The number of rotatable bonds is 0. The lowest BCUT2D eigenvalue weighted by Crippen LogP contribution is -1.88. The van der Waals surface area contributed by atoms with E-state index in [0.717, 1.165) is 0 Å². The van der Waals surface area contributed by atoms with Gasteiger partial charge in [-0.25, -0.2) is 8.42 Å². The van der Waals surface area contributed by atoms with Gasteiger partial charge < -0.3 is 4.55 Å². The van der Waals surface area contributed by atoms with Crippen LogP contribution in [0.1, 0.15) is 12.8 Å². The summed E-state index contributed by atoms with van der Waals surface area (Å²) in [6, 6.07) is 0. The molecular weight excluding hydrogens is 172 g/mol. The van der Waals surface area contributed by atoms with Gasteiger partial charge in [0, 0.05) is 6.26 Å². The number of thiol groups is 1. The Bertz CT molecular complexity index is 142. The highest BCUT2D eigenvalue weighted by atomic mass is 32.2. The van der Waals surface area contributed by atoms with Crippen molar-refractivity contribution in [2.24, 2.45) is 0 Å². The van der Waals surface area contributed by atoms with Crippen molar-refractivity contribution in [3.05, 3.63) is 0 Å². The third-order valence-corrected chi connectivity index (χ3v) is 2.15. The first kappa shape index (κ1) is 10.3. The Morgan fingerprint density at radius 2 is 1.60 bits per heavy atom. The largest absolute Gasteiger partial charge is 0.748 e. The summed E-state index contributed by atoms with van der Waals surface area (Å²) in [6.07, 6.45) is 3.58. The van der Waals surface area contributed by atoms with Crippen molar-refractivity contribution >= 4 is 21.9 Å².